The Morgan fingerprint density at radius 2 is 1.60 bits per heavy atom. The molecule has 206 valence electrons. The molecule has 0 saturated carbocycles. The van der Waals surface area contributed by atoms with E-state index in [0.717, 1.165) is 21.9 Å². The molecule has 0 bridgehead atoms. The number of nitrogens with zero attached hydrogens (tertiary/aromatic N) is 1. The standard InChI is InChI=1S/C35H25FN2O4/c36-31-11-4-2-7-25(31)21-40-26-14-12-23(13-15-26)34-29-17-16-27(19-32(29)42-35(38)30(34)20-37)41-33(39)18-24-9-5-8-22-6-1-3-10-28(22)24/h1-17,19,34H,18,21,38H2. The number of nitrogens with two attached hydrogens (primary N) is 1. The van der Waals surface area contributed by atoms with Crippen molar-refractivity contribution in [3.8, 4) is 23.3 Å². The van der Waals surface area contributed by atoms with E-state index in [1.165, 1.54) is 6.07 Å². The smallest absolute Gasteiger partial charge is 0.315 e. The predicted octanol–water partition coefficient (Wildman–Crippen LogP) is 6.92. The summed E-state index contributed by atoms with van der Waals surface area (Å²) in [5.41, 5.74) is 9.25. The van der Waals surface area contributed by atoms with Gasteiger partial charge in [-0.1, -0.05) is 78.9 Å². The van der Waals surface area contributed by atoms with Crippen LogP contribution in [0.4, 0.5) is 4.39 Å². The molecular formula is C35H25FN2O4. The average Bonchev–Trinajstić information content (AvgIpc) is 3.00. The third-order valence-electron chi connectivity index (χ3n) is 7.20. The normalized spacial score (nSPS) is 14.0. The zero-order valence-electron chi connectivity index (χ0n) is 22.4. The Labute approximate surface area is 242 Å². The van der Waals surface area contributed by atoms with E-state index < -0.39 is 11.9 Å². The van der Waals surface area contributed by atoms with Gasteiger partial charge in [-0.05, 0) is 46.2 Å². The van der Waals surface area contributed by atoms with Gasteiger partial charge >= 0.3 is 5.97 Å². The summed E-state index contributed by atoms with van der Waals surface area (Å²) in [4.78, 5) is 12.9. The van der Waals surface area contributed by atoms with Crippen LogP contribution in [-0.4, -0.2) is 5.97 Å². The highest BCUT2D eigenvalue weighted by atomic mass is 19.1. The number of rotatable bonds is 7. The highest BCUT2D eigenvalue weighted by Crippen LogP contribution is 2.43. The lowest BCUT2D eigenvalue weighted by atomic mass is 9.83. The van der Waals surface area contributed by atoms with E-state index in [-0.39, 0.29) is 30.3 Å². The number of benzene rings is 5. The van der Waals surface area contributed by atoms with Gasteiger partial charge in [-0.2, -0.15) is 5.26 Å². The number of esters is 1. The second kappa shape index (κ2) is 11.5. The number of carbonyl (C=O) groups is 1. The topological polar surface area (TPSA) is 94.6 Å². The Balaban J connectivity index is 1.21. The fraction of sp³-hybridized carbons (Fsp3) is 0.0857. The number of hydrogen-bond acceptors (Lipinski definition) is 6. The summed E-state index contributed by atoms with van der Waals surface area (Å²) in [6, 6.07) is 34.6. The van der Waals surface area contributed by atoms with Crippen LogP contribution in [0.3, 0.4) is 0 Å². The maximum absolute atomic E-state index is 13.9. The summed E-state index contributed by atoms with van der Waals surface area (Å²) in [6.45, 7) is 0.0877. The molecule has 5 aromatic carbocycles. The van der Waals surface area contributed by atoms with Crippen molar-refractivity contribution in [2.45, 2.75) is 18.9 Å². The molecule has 2 N–H and O–H groups in total. The van der Waals surface area contributed by atoms with E-state index in [2.05, 4.69) is 6.07 Å². The summed E-state index contributed by atoms with van der Waals surface area (Å²) in [7, 11) is 0. The molecule has 0 fully saturated rings. The Hall–Kier alpha value is -5.61. The first-order valence-electron chi connectivity index (χ1n) is 13.3. The number of nitriles is 1. The van der Waals surface area contributed by atoms with Crippen molar-refractivity contribution in [3.05, 3.63) is 149 Å². The van der Waals surface area contributed by atoms with E-state index in [4.69, 9.17) is 19.9 Å². The third kappa shape index (κ3) is 5.38. The van der Waals surface area contributed by atoms with Gasteiger partial charge in [0.15, 0.2) is 0 Å². The fourth-order valence-electron chi connectivity index (χ4n) is 5.14. The number of fused-ring (bicyclic) bond motifs is 2. The summed E-state index contributed by atoms with van der Waals surface area (Å²) >= 11 is 0. The average molecular weight is 557 g/mol. The van der Waals surface area contributed by atoms with E-state index >= 15 is 0 Å². The SMILES string of the molecule is N#CC1=C(N)Oc2cc(OC(=O)Cc3cccc4ccccc34)ccc2C1c1ccc(OCc2ccccc2F)cc1. The monoisotopic (exact) mass is 556 g/mol. The van der Waals surface area contributed by atoms with Gasteiger partial charge in [0.05, 0.1) is 12.3 Å². The maximum atomic E-state index is 13.9. The van der Waals surface area contributed by atoms with Crippen LogP contribution in [0, 0.1) is 17.1 Å². The van der Waals surface area contributed by atoms with Crippen LogP contribution >= 0.6 is 0 Å². The molecule has 1 aliphatic heterocycles. The Kier molecular flexibility index (Phi) is 7.27. The van der Waals surface area contributed by atoms with Crippen molar-refractivity contribution in [2.75, 3.05) is 0 Å². The molecule has 0 aliphatic carbocycles. The maximum Gasteiger partial charge on any atom is 0.315 e. The van der Waals surface area contributed by atoms with Gasteiger partial charge in [-0.25, -0.2) is 4.39 Å². The van der Waals surface area contributed by atoms with Gasteiger partial charge in [0.2, 0.25) is 5.88 Å². The number of carbonyl (C=O) groups excluding carboxylic acids is 1. The second-order valence-electron chi connectivity index (χ2n) is 9.86. The van der Waals surface area contributed by atoms with Crippen LogP contribution in [0.15, 0.2) is 121 Å². The lowest BCUT2D eigenvalue weighted by Gasteiger charge is -2.27. The van der Waals surface area contributed by atoms with Gasteiger partial charge in [0.25, 0.3) is 0 Å². The molecule has 1 heterocycles. The zero-order chi connectivity index (χ0) is 29.1. The van der Waals surface area contributed by atoms with Gasteiger partial charge < -0.3 is 19.9 Å². The molecule has 6 nitrogen and oxygen atoms in total. The molecular weight excluding hydrogens is 531 g/mol. The minimum absolute atomic E-state index is 0.0193. The molecule has 0 radical (unpaired) electrons. The van der Waals surface area contributed by atoms with Crippen LogP contribution in [0.25, 0.3) is 10.8 Å². The minimum atomic E-state index is -0.500. The Morgan fingerprint density at radius 3 is 2.40 bits per heavy atom. The van der Waals surface area contributed by atoms with Crippen LogP contribution in [0.5, 0.6) is 17.2 Å². The highest BCUT2D eigenvalue weighted by molar-refractivity contribution is 5.89. The Morgan fingerprint density at radius 1 is 0.881 bits per heavy atom. The Bertz CT molecular complexity index is 1870. The number of hydrogen-bond donors (Lipinski definition) is 1. The molecule has 0 saturated heterocycles. The van der Waals surface area contributed by atoms with Gasteiger partial charge in [-0.3, -0.25) is 4.79 Å². The quantitative estimate of drug-likeness (QED) is 0.173. The molecule has 6 rings (SSSR count). The van der Waals surface area contributed by atoms with Crippen molar-refractivity contribution in [1.29, 1.82) is 5.26 Å². The summed E-state index contributed by atoms with van der Waals surface area (Å²) in [6.07, 6.45) is 0.105. The van der Waals surface area contributed by atoms with E-state index in [1.54, 1.807) is 48.5 Å². The minimum Gasteiger partial charge on any atom is -0.489 e. The van der Waals surface area contributed by atoms with E-state index in [9.17, 15) is 14.4 Å². The summed E-state index contributed by atoms with van der Waals surface area (Å²) in [5.74, 6) is -0.00142. The predicted molar refractivity (Wildman–Crippen MR) is 156 cm³/mol. The van der Waals surface area contributed by atoms with Crippen LogP contribution < -0.4 is 19.9 Å². The zero-order valence-corrected chi connectivity index (χ0v) is 22.4. The lowest BCUT2D eigenvalue weighted by Crippen LogP contribution is -2.21. The van der Waals surface area contributed by atoms with Crippen molar-refractivity contribution in [1.82, 2.24) is 0 Å². The summed E-state index contributed by atoms with van der Waals surface area (Å²) < 4.78 is 31.2. The largest absolute Gasteiger partial charge is 0.489 e. The van der Waals surface area contributed by atoms with E-state index in [0.29, 0.717) is 28.4 Å². The first-order valence-corrected chi connectivity index (χ1v) is 13.3. The molecule has 5 aromatic rings. The lowest BCUT2D eigenvalue weighted by molar-refractivity contribution is -0.133. The number of allylic oxidation sites excluding steroid dienone is 1. The van der Waals surface area contributed by atoms with Crippen molar-refractivity contribution in [3.63, 3.8) is 0 Å². The molecule has 1 aliphatic rings. The molecule has 0 spiro atoms. The fourth-order valence-corrected chi connectivity index (χ4v) is 5.14. The number of halogens is 1. The first-order chi connectivity index (χ1) is 20.5. The molecule has 1 unspecified atom stereocenters. The van der Waals surface area contributed by atoms with E-state index in [1.807, 2.05) is 54.6 Å². The first kappa shape index (κ1) is 26.6. The van der Waals surface area contributed by atoms with Crippen molar-refractivity contribution < 1.29 is 23.4 Å². The van der Waals surface area contributed by atoms with Crippen LogP contribution in [0.1, 0.15) is 28.2 Å². The molecule has 7 heteroatoms. The van der Waals surface area contributed by atoms with Gasteiger partial charge in [-0.15, -0.1) is 0 Å². The molecule has 1 atom stereocenters. The number of ether oxygens (including phenoxy) is 3. The van der Waals surface area contributed by atoms with Gasteiger partial charge in [0.1, 0.15) is 41.3 Å². The van der Waals surface area contributed by atoms with Crippen LogP contribution in [0.2, 0.25) is 0 Å². The molecule has 0 aromatic heterocycles. The molecule has 0 amide bonds. The third-order valence-corrected chi connectivity index (χ3v) is 7.20. The summed E-state index contributed by atoms with van der Waals surface area (Å²) in [5, 5.41) is 12.0. The van der Waals surface area contributed by atoms with Crippen molar-refractivity contribution in [2.24, 2.45) is 5.73 Å². The van der Waals surface area contributed by atoms with Crippen LogP contribution in [-0.2, 0) is 17.8 Å². The second-order valence-corrected chi connectivity index (χ2v) is 9.86. The highest BCUT2D eigenvalue weighted by Gasteiger charge is 2.31. The molecule has 42 heavy (non-hydrogen) atoms. The van der Waals surface area contributed by atoms with Crippen molar-refractivity contribution >= 4 is 16.7 Å². The van der Waals surface area contributed by atoms with Gasteiger partial charge in [0, 0.05) is 17.2 Å².